The third-order valence-corrected chi connectivity index (χ3v) is 7.15. The second-order valence-corrected chi connectivity index (χ2v) is 9.43. The van der Waals surface area contributed by atoms with E-state index in [0.717, 1.165) is 41.4 Å². The first-order valence-corrected chi connectivity index (χ1v) is 11.3. The standard InChI is InChI=1S/C21H27N3O4S/c1-16-7-8-18(13-17(16)2)22-20(25)15-23-14-19(9-10-21(23)26)29(27,28)24-11-5-3-4-6-12-24/h7-10,13-14H,3-6,11-12,15H2,1-2H3,(H,22,25). The van der Waals surface area contributed by atoms with Crippen molar-refractivity contribution < 1.29 is 13.2 Å². The molecule has 3 rings (SSSR count). The number of hydrogen-bond acceptors (Lipinski definition) is 4. The fourth-order valence-electron chi connectivity index (χ4n) is 3.39. The summed E-state index contributed by atoms with van der Waals surface area (Å²) in [6.07, 6.45) is 4.96. The van der Waals surface area contributed by atoms with Gasteiger partial charge in [-0.05, 0) is 56.0 Å². The van der Waals surface area contributed by atoms with Crippen molar-refractivity contribution in [1.82, 2.24) is 8.87 Å². The zero-order valence-electron chi connectivity index (χ0n) is 16.8. The molecule has 29 heavy (non-hydrogen) atoms. The Morgan fingerprint density at radius 2 is 1.69 bits per heavy atom. The van der Waals surface area contributed by atoms with Crippen molar-refractivity contribution in [3.63, 3.8) is 0 Å². The van der Waals surface area contributed by atoms with Crippen LogP contribution in [0.1, 0.15) is 36.8 Å². The van der Waals surface area contributed by atoms with Crippen LogP contribution < -0.4 is 10.9 Å². The molecule has 0 saturated carbocycles. The summed E-state index contributed by atoms with van der Waals surface area (Å²) >= 11 is 0. The number of amides is 1. The summed E-state index contributed by atoms with van der Waals surface area (Å²) in [6.45, 7) is 4.64. The molecule has 0 radical (unpaired) electrons. The fourth-order valence-corrected chi connectivity index (χ4v) is 4.93. The summed E-state index contributed by atoms with van der Waals surface area (Å²) in [5.41, 5.74) is 2.38. The summed E-state index contributed by atoms with van der Waals surface area (Å²) in [7, 11) is -3.69. The van der Waals surface area contributed by atoms with Gasteiger partial charge in [0.05, 0.1) is 4.90 Å². The topological polar surface area (TPSA) is 88.5 Å². The number of carbonyl (C=O) groups is 1. The Balaban J connectivity index is 1.78. The minimum Gasteiger partial charge on any atom is -0.325 e. The van der Waals surface area contributed by atoms with Crippen LogP contribution in [-0.4, -0.2) is 36.3 Å². The van der Waals surface area contributed by atoms with Gasteiger partial charge in [0.1, 0.15) is 6.54 Å². The molecule has 1 amide bonds. The molecule has 0 bridgehead atoms. The number of nitrogens with zero attached hydrogens (tertiary/aromatic N) is 2. The number of pyridine rings is 1. The average molecular weight is 418 g/mol. The Morgan fingerprint density at radius 3 is 2.34 bits per heavy atom. The molecule has 1 aliphatic heterocycles. The highest BCUT2D eigenvalue weighted by molar-refractivity contribution is 7.89. The summed E-state index contributed by atoms with van der Waals surface area (Å²) in [5, 5.41) is 2.76. The molecule has 0 aliphatic carbocycles. The van der Waals surface area contributed by atoms with E-state index in [2.05, 4.69) is 5.32 Å². The monoisotopic (exact) mass is 417 g/mol. The van der Waals surface area contributed by atoms with Crippen LogP contribution in [0.3, 0.4) is 0 Å². The zero-order chi connectivity index (χ0) is 21.0. The van der Waals surface area contributed by atoms with Crippen LogP contribution in [-0.2, 0) is 21.4 Å². The van der Waals surface area contributed by atoms with Crippen molar-refractivity contribution in [2.75, 3.05) is 18.4 Å². The molecule has 0 unspecified atom stereocenters. The van der Waals surface area contributed by atoms with Crippen LogP contribution in [0.25, 0.3) is 0 Å². The van der Waals surface area contributed by atoms with Gasteiger partial charge in [0.15, 0.2) is 0 Å². The molecular formula is C21H27N3O4S. The number of nitrogens with one attached hydrogen (secondary N) is 1. The Hall–Kier alpha value is -2.45. The number of hydrogen-bond donors (Lipinski definition) is 1. The third kappa shape index (κ3) is 5.13. The van der Waals surface area contributed by atoms with E-state index in [0.29, 0.717) is 18.8 Å². The van der Waals surface area contributed by atoms with E-state index >= 15 is 0 Å². The van der Waals surface area contributed by atoms with Gasteiger partial charge in [0.25, 0.3) is 5.56 Å². The Kier molecular flexibility index (Phi) is 6.54. The predicted molar refractivity (Wildman–Crippen MR) is 112 cm³/mol. The molecule has 1 aromatic heterocycles. The number of carbonyl (C=O) groups excluding carboxylic acids is 1. The second kappa shape index (κ2) is 8.92. The summed E-state index contributed by atoms with van der Waals surface area (Å²) < 4.78 is 28.5. The van der Waals surface area contributed by atoms with Gasteiger partial charge in [0, 0.05) is 31.0 Å². The molecule has 1 aromatic carbocycles. The van der Waals surface area contributed by atoms with Crippen LogP contribution in [0.5, 0.6) is 0 Å². The number of aryl methyl sites for hydroxylation is 2. The molecule has 8 heteroatoms. The quantitative estimate of drug-likeness (QED) is 0.810. The van der Waals surface area contributed by atoms with E-state index in [1.807, 2.05) is 26.0 Å². The molecule has 1 aliphatic rings. The fraction of sp³-hybridized carbons (Fsp3) is 0.429. The lowest BCUT2D eigenvalue weighted by atomic mass is 10.1. The van der Waals surface area contributed by atoms with Gasteiger partial charge in [-0.25, -0.2) is 8.42 Å². The van der Waals surface area contributed by atoms with Gasteiger partial charge in [0.2, 0.25) is 15.9 Å². The van der Waals surface area contributed by atoms with E-state index in [1.165, 1.54) is 22.6 Å². The third-order valence-electron chi connectivity index (χ3n) is 5.26. The first-order valence-electron chi connectivity index (χ1n) is 9.85. The number of rotatable bonds is 5. The maximum atomic E-state index is 13.0. The maximum absolute atomic E-state index is 13.0. The molecule has 156 valence electrons. The largest absolute Gasteiger partial charge is 0.325 e. The summed E-state index contributed by atoms with van der Waals surface area (Å²) in [5.74, 6) is -0.389. The van der Waals surface area contributed by atoms with Crippen LogP contribution in [0, 0.1) is 13.8 Å². The number of anilines is 1. The van der Waals surface area contributed by atoms with Crippen molar-refractivity contribution in [1.29, 1.82) is 0 Å². The Morgan fingerprint density at radius 1 is 1.00 bits per heavy atom. The molecule has 1 saturated heterocycles. The molecule has 1 fully saturated rings. The van der Waals surface area contributed by atoms with Crippen molar-refractivity contribution in [2.45, 2.75) is 51.0 Å². The predicted octanol–water partition coefficient (Wildman–Crippen LogP) is 2.67. The molecule has 2 heterocycles. The van der Waals surface area contributed by atoms with Crippen molar-refractivity contribution in [3.8, 4) is 0 Å². The lowest BCUT2D eigenvalue weighted by molar-refractivity contribution is -0.116. The maximum Gasteiger partial charge on any atom is 0.251 e. The van der Waals surface area contributed by atoms with Crippen molar-refractivity contribution in [2.24, 2.45) is 0 Å². The van der Waals surface area contributed by atoms with E-state index in [1.54, 1.807) is 6.07 Å². The molecule has 7 nitrogen and oxygen atoms in total. The highest BCUT2D eigenvalue weighted by Crippen LogP contribution is 2.19. The molecule has 0 atom stereocenters. The molecule has 2 aromatic rings. The van der Waals surface area contributed by atoms with Crippen molar-refractivity contribution in [3.05, 3.63) is 58.0 Å². The summed E-state index contributed by atoms with van der Waals surface area (Å²) in [6, 6.07) is 8.08. The number of aromatic nitrogens is 1. The zero-order valence-corrected chi connectivity index (χ0v) is 17.7. The van der Waals surface area contributed by atoms with E-state index in [9.17, 15) is 18.0 Å². The normalized spacial score (nSPS) is 15.7. The minimum absolute atomic E-state index is 0.0398. The van der Waals surface area contributed by atoms with Gasteiger partial charge in [-0.1, -0.05) is 18.9 Å². The minimum atomic E-state index is -3.69. The molecule has 0 spiro atoms. The van der Waals surface area contributed by atoms with Gasteiger partial charge in [-0.3, -0.25) is 9.59 Å². The van der Waals surface area contributed by atoms with Crippen LogP contribution in [0.4, 0.5) is 5.69 Å². The van der Waals surface area contributed by atoms with Gasteiger partial charge in [-0.2, -0.15) is 4.31 Å². The Bertz CT molecular complexity index is 1050. The van der Waals surface area contributed by atoms with Crippen molar-refractivity contribution >= 4 is 21.6 Å². The number of benzene rings is 1. The van der Waals surface area contributed by atoms with E-state index in [4.69, 9.17) is 0 Å². The molecular weight excluding hydrogens is 390 g/mol. The lowest BCUT2D eigenvalue weighted by Crippen LogP contribution is -2.33. The smallest absolute Gasteiger partial charge is 0.251 e. The van der Waals surface area contributed by atoms with Crippen LogP contribution in [0.15, 0.2) is 46.2 Å². The van der Waals surface area contributed by atoms with Gasteiger partial charge < -0.3 is 9.88 Å². The van der Waals surface area contributed by atoms with Gasteiger partial charge >= 0.3 is 0 Å². The average Bonchev–Trinajstić information content (AvgIpc) is 2.96. The first kappa shape index (κ1) is 21.3. The highest BCUT2D eigenvalue weighted by Gasteiger charge is 2.26. The van der Waals surface area contributed by atoms with Crippen LogP contribution >= 0.6 is 0 Å². The van der Waals surface area contributed by atoms with Gasteiger partial charge in [-0.15, -0.1) is 0 Å². The first-order chi connectivity index (χ1) is 13.8. The number of sulfonamides is 1. The van der Waals surface area contributed by atoms with E-state index < -0.39 is 15.6 Å². The van der Waals surface area contributed by atoms with E-state index in [-0.39, 0.29) is 17.3 Å². The SMILES string of the molecule is Cc1ccc(NC(=O)Cn2cc(S(=O)(=O)N3CCCCCC3)ccc2=O)cc1C. The highest BCUT2D eigenvalue weighted by atomic mass is 32.2. The van der Waals surface area contributed by atoms with Crippen LogP contribution in [0.2, 0.25) is 0 Å². The Labute approximate surface area is 171 Å². The second-order valence-electron chi connectivity index (χ2n) is 7.50. The lowest BCUT2D eigenvalue weighted by Gasteiger charge is -2.20. The summed E-state index contributed by atoms with van der Waals surface area (Å²) in [4.78, 5) is 24.6. The molecule has 1 N–H and O–H groups in total.